The number of carbonyl (C=O) groups excluding carboxylic acids is 1. The summed E-state index contributed by atoms with van der Waals surface area (Å²) in [6.45, 7) is 9.46. The van der Waals surface area contributed by atoms with Crippen molar-refractivity contribution in [3.05, 3.63) is 76.5 Å². The van der Waals surface area contributed by atoms with E-state index in [0.29, 0.717) is 17.1 Å². The minimum absolute atomic E-state index is 0.231. The Morgan fingerprint density at radius 1 is 1.11 bits per heavy atom. The second kappa shape index (κ2) is 11.2. The Labute approximate surface area is 227 Å². The zero-order valence-corrected chi connectivity index (χ0v) is 23.5. The Morgan fingerprint density at radius 3 is 2.53 bits per heavy atom. The summed E-state index contributed by atoms with van der Waals surface area (Å²) in [4.78, 5) is 22.1. The van der Waals surface area contributed by atoms with E-state index in [4.69, 9.17) is 5.73 Å². The predicted octanol–water partition coefficient (Wildman–Crippen LogP) is 3.68. The Kier molecular flexibility index (Phi) is 8.02. The van der Waals surface area contributed by atoms with Crippen LogP contribution < -0.4 is 21.3 Å². The zero-order chi connectivity index (χ0) is 27.4. The molecule has 0 aliphatic carbocycles. The lowest BCUT2D eigenvalue weighted by molar-refractivity contribution is 0.102. The second-order valence-electron chi connectivity index (χ2n) is 10.2. The first-order valence-electron chi connectivity index (χ1n) is 12.5. The molecule has 1 aliphatic rings. The van der Waals surface area contributed by atoms with E-state index in [1.165, 1.54) is 0 Å². The summed E-state index contributed by atoms with van der Waals surface area (Å²) in [5.74, 6) is 6.49. The van der Waals surface area contributed by atoms with Crippen molar-refractivity contribution < 1.29 is 4.79 Å². The maximum absolute atomic E-state index is 13.3. The third-order valence-electron chi connectivity index (χ3n) is 6.84. The van der Waals surface area contributed by atoms with Gasteiger partial charge in [-0.15, -0.1) is 9.24 Å². The van der Waals surface area contributed by atoms with E-state index in [1.54, 1.807) is 18.3 Å². The molecule has 1 fully saturated rings. The Balaban J connectivity index is 1.62. The van der Waals surface area contributed by atoms with E-state index in [9.17, 15) is 10.1 Å². The van der Waals surface area contributed by atoms with Crippen LogP contribution in [0, 0.1) is 30.1 Å². The highest BCUT2D eigenvalue weighted by Crippen LogP contribution is 2.31. The highest BCUT2D eigenvalue weighted by atomic mass is 31.0. The molecular formula is C30H33N6OP. The molecule has 1 saturated heterocycles. The van der Waals surface area contributed by atoms with Gasteiger partial charge in [0.05, 0.1) is 11.5 Å². The number of hydrogen-bond acceptors (Lipinski definition) is 6. The summed E-state index contributed by atoms with van der Waals surface area (Å²) in [5.41, 5.74) is 10.6. The van der Waals surface area contributed by atoms with Crippen LogP contribution in [0.2, 0.25) is 0 Å². The average Bonchev–Trinajstić information content (AvgIpc) is 2.90. The van der Waals surface area contributed by atoms with Crippen molar-refractivity contribution in [1.82, 2.24) is 9.88 Å². The minimum atomic E-state index is -0.692. The normalized spacial score (nSPS) is 13.8. The Hall–Kier alpha value is -3.90. The highest BCUT2D eigenvalue weighted by Gasteiger charge is 2.24. The van der Waals surface area contributed by atoms with E-state index in [0.717, 1.165) is 59.4 Å². The van der Waals surface area contributed by atoms with E-state index in [1.807, 2.05) is 45.0 Å². The van der Waals surface area contributed by atoms with Gasteiger partial charge in [-0.25, -0.2) is 4.98 Å². The van der Waals surface area contributed by atoms with Crippen LogP contribution >= 0.6 is 9.24 Å². The number of piperazine rings is 1. The lowest BCUT2D eigenvalue weighted by Gasteiger charge is -2.35. The number of rotatable bonds is 4. The number of aryl methyl sites for hydroxylation is 1. The van der Waals surface area contributed by atoms with E-state index >= 15 is 0 Å². The predicted molar refractivity (Wildman–Crippen MR) is 158 cm³/mol. The molecule has 2 heterocycles. The Bertz CT molecular complexity index is 1470. The summed E-state index contributed by atoms with van der Waals surface area (Å²) in [5, 5.41) is 13.6. The van der Waals surface area contributed by atoms with Crippen molar-refractivity contribution in [3.63, 3.8) is 0 Å². The number of nitrogens with zero attached hydrogens (tertiary/aromatic N) is 4. The number of amides is 1. The SMILES string of the molecule is Cc1ccc(C(=O)Nc2cc(N3CCN(C)CC3)cc(C(C)(C)C#N)c2)cc1C#Cc1cnc(N)c(P)c1. The van der Waals surface area contributed by atoms with Crippen molar-refractivity contribution in [2.45, 2.75) is 26.2 Å². The quantitative estimate of drug-likeness (QED) is 0.399. The summed E-state index contributed by atoms with van der Waals surface area (Å²) >= 11 is 0. The molecule has 7 nitrogen and oxygen atoms in total. The summed E-state index contributed by atoms with van der Waals surface area (Å²) in [7, 11) is 4.67. The molecule has 0 bridgehead atoms. The number of nitrogens with one attached hydrogen (secondary N) is 1. The van der Waals surface area contributed by atoms with Crippen molar-refractivity contribution in [2.75, 3.05) is 49.2 Å². The molecule has 1 aromatic heterocycles. The number of nitrogens with two attached hydrogens (primary N) is 1. The largest absolute Gasteiger partial charge is 0.383 e. The summed E-state index contributed by atoms with van der Waals surface area (Å²) in [6, 6.07) is 15.7. The molecule has 1 unspecified atom stereocenters. The maximum Gasteiger partial charge on any atom is 0.255 e. The van der Waals surface area contributed by atoms with Crippen LogP contribution in [-0.2, 0) is 5.41 Å². The van der Waals surface area contributed by atoms with E-state index in [2.05, 4.69) is 60.4 Å². The summed E-state index contributed by atoms with van der Waals surface area (Å²) < 4.78 is 0. The van der Waals surface area contributed by atoms with Gasteiger partial charge in [-0.1, -0.05) is 17.9 Å². The van der Waals surface area contributed by atoms with Gasteiger partial charge < -0.3 is 20.9 Å². The van der Waals surface area contributed by atoms with Gasteiger partial charge in [0.25, 0.3) is 5.91 Å². The molecule has 194 valence electrons. The van der Waals surface area contributed by atoms with Crippen LogP contribution in [0.3, 0.4) is 0 Å². The maximum atomic E-state index is 13.3. The molecule has 3 N–H and O–H groups in total. The number of anilines is 3. The third-order valence-corrected chi connectivity index (χ3v) is 7.30. The van der Waals surface area contributed by atoms with Gasteiger partial charge in [0.1, 0.15) is 5.82 Å². The van der Waals surface area contributed by atoms with Gasteiger partial charge >= 0.3 is 0 Å². The van der Waals surface area contributed by atoms with Crippen molar-refractivity contribution in [2.24, 2.45) is 0 Å². The standard InChI is InChI=1S/C30H33N6OP/c1-20-5-7-23(14-22(20)8-6-21-13-27(38)28(32)33-18-21)29(37)34-25-15-24(30(2,3)19-31)16-26(17-25)36-11-9-35(4)10-12-36/h5,7,13-18H,9-12,38H2,1-4H3,(H2,32,33)(H,34,37). The lowest BCUT2D eigenvalue weighted by atomic mass is 9.85. The number of nitrogen functional groups attached to an aromatic ring is 1. The number of benzene rings is 2. The van der Waals surface area contributed by atoms with Crippen LogP contribution in [0.25, 0.3) is 0 Å². The van der Waals surface area contributed by atoms with Gasteiger partial charge in [-0.05, 0) is 75.3 Å². The van der Waals surface area contributed by atoms with Gasteiger partial charge in [0.2, 0.25) is 0 Å². The van der Waals surface area contributed by atoms with Crippen LogP contribution in [0.5, 0.6) is 0 Å². The van der Waals surface area contributed by atoms with Gasteiger partial charge in [0, 0.05) is 65.7 Å². The molecule has 1 amide bonds. The molecule has 0 radical (unpaired) electrons. The lowest BCUT2D eigenvalue weighted by Crippen LogP contribution is -2.44. The van der Waals surface area contributed by atoms with Crippen molar-refractivity contribution in [1.29, 1.82) is 5.26 Å². The first kappa shape index (κ1) is 27.1. The molecule has 3 aromatic rings. The van der Waals surface area contributed by atoms with E-state index < -0.39 is 5.41 Å². The molecule has 38 heavy (non-hydrogen) atoms. The van der Waals surface area contributed by atoms with Crippen molar-refractivity contribution >= 4 is 37.6 Å². The number of hydrogen-bond donors (Lipinski definition) is 2. The Morgan fingerprint density at radius 2 is 1.84 bits per heavy atom. The van der Waals surface area contributed by atoms with Crippen LogP contribution in [0.4, 0.5) is 17.2 Å². The fourth-order valence-corrected chi connectivity index (χ4v) is 4.41. The number of carbonyl (C=O) groups is 1. The smallest absolute Gasteiger partial charge is 0.255 e. The third kappa shape index (κ3) is 6.32. The van der Waals surface area contributed by atoms with Gasteiger partial charge in [-0.2, -0.15) is 5.26 Å². The minimum Gasteiger partial charge on any atom is -0.383 e. The monoisotopic (exact) mass is 524 g/mol. The van der Waals surface area contributed by atoms with E-state index in [-0.39, 0.29) is 5.91 Å². The highest BCUT2D eigenvalue weighted by molar-refractivity contribution is 7.28. The van der Waals surface area contributed by atoms with Crippen LogP contribution in [0.1, 0.15) is 46.5 Å². The van der Waals surface area contributed by atoms with Gasteiger partial charge in [0.15, 0.2) is 0 Å². The van der Waals surface area contributed by atoms with Crippen LogP contribution in [-0.4, -0.2) is 49.0 Å². The topological polar surface area (TPSA) is 98.3 Å². The molecule has 1 aliphatic heterocycles. The zero-order valence-electron chi connectivity index (χ0n) is 22.3. The second-order valence-corrected chi connectivity index (χ2v) is 10.8. The molecule has 0 spiro atoms. The average molecular weight is 525 g/mol. The van der Waals surface area contributed by atoms with Crippen molar-refractivity contribution in [3.8, 4) is 17.9 Å². The van der Waals surface area contributed by atoms with Gasteiger partial charge in [-0.3, -0.25) is 4.79 Å². The fourth-order valence-electron chi connectivity index (χ4n) is 4.16. The number of aromatic nitrogens is 1. The number of nitriles is 1. The molecular weight excluding hydrogens is 491 g/mol. The molecule has 2 aromatic carbocycles. The molecule has 0 saturated carbocycles. The molecule has 1 atom stereocenters. The first-order valence-corrected chi connectivity index (χ1v) is 13.1. The first-order chi connectivity index (χ1) is 18.1. The van der Waals surface area contributed by atoms with Crippen LogP contribution in [0.15, 0.2) is 48.7 Å². The molecule has 8 heteroatoms. The summed E-state index contributed by atoms with van der Waals surface area (Å²) in [6.07, 6.45) is 1.63. The fraction of sp³-hybridized carbons (Fsp3) is 0.300. The number of pyridine rings is 1. The molecule has 4 rings (SSSR count). The number of likely N-dealkylation sites (N-methyl/N-ethyl adjacent to an activating group) is 1.